The van der Waals surface area contributed by atoms with E-state index in [-0.39, 0.29) is 0 Å². The van der Waals surface area contributed by atoms with Crippen LogP contribution >= 0.6 is 0 Å². The molecule has 1 aliphatic carbocycles. The lowest BCUT2D eigenvalue weighted by Crippen LogP contribution is -2.47. The zero-order valence-electron chi connectivity index (χ0n) is 9.98. The third-order valence-electron chi connectivity index (χ3n) is 3.11. The molecule has 0 bridgehead atoms. The first-order valence-electron chi connectivity index (χ1n) is 6.24. The van der Waals surface area contributed by atoms with Crippen molar-refractivity contribution in [1.29, 1.82) is 0 Å². The average molecular weight is 226 g/mol. The Bertz CT molecular complexity index is 246. The molecule has 2 aliphatic rings. The summed E-state index contributed by atoms with van der Waals surface area (Å²) in [5.74, 6) is 6.36. The highest BCUT2D eigenvalue weighted by atomic mass is 16.5. The van der Waals surface area contributed by atoms with Gasteiger partial charge in [0.1, 0.15) is 0 Å². The van der Waals surface area contributed by atoms with Gasteiger partial charge in [0, 0.05) is 19.7 Å². The van der Waals surface area contributed by atoms with Gasteiger partial charge in [-0.3, -0.25) is 5.43 Å². The van der Waals surface area contributed by atoms with Crippen molar-refractivity contribution in [2.45, 2.75) is 44.8 Å². The third-order valence-corrected chi connectivity index (χ3v) is 3.11. The third kappa shape index (κ3) is 3.09. The molecule has 16 heavy (non-hydrogen) atoms. The fourth-order valence-corrected chi connectivity index (χ4v) is 1.99. The lowest BCUT2D eigenvalue weighted by atomic mass is 10.2. The van der Waals surface area contributed by atoms with Crippen LogP contribution in [0.1, 0.15) is 32.6 Å². The van der Waals surface area contributed by atoms with E-state index in [0.717, 1.165) is 32.1 Å². The first-order chi connectivity index (χ1) is 7.83. The SMILES string of the molecule is CCN(CC1CCCO1)C(=NC1CC1)NN. The average Bonchev–Trinajstić information content (AvgIpc) is 2.98. The number of nitrogens with two attached hydrogens (primary N) is 1. The van der Waals surface area contributed by atoms with Crippen LogP contribution < -0.4 is 11.3 Å². The molecule has 2 rings (SSSR count). The molecule has 0 aromatic carbocycles. The molecule has 0 radical (unpaired) electrons. The molecule has 5 heteroatoms. The number of rotatable bonds is 4. The molecule has 3 N–H and O–H groups in total. The van der Waals surface area contributed by atoms with Crippen LogP contribution in [-0.4, -0.2) is 42.7 Å². The Hall–Kier alpha value is -0.810. The molecule has 0 spiro atoms. The van der Waals surface area contributed by atoms with E-state index in [9.17, 15) is 0 Å². The van der Waals surface area contributed by atoms with Crippen molar-refractivity contribution >= 4 is 5.96 Å². The van der Waals surface area contributed by atoms with Gasteiger partial charge in [-0.2, -0.15) is 0 Å². The summed E-state index contributed by atoms with van der Waals surface area (Å²) >= 11 is 0. The molecular weight excluding hydrogens is 204 g/mol. The molecule has 1 heterocycles. The molecule has 92 valence electrons. The van der Waals surface area contributed by atoms with Gasteiger partial charge in [-0.05, 0) is 32.6 Å². The summed E-state index contributed by atoms with van der Waals surface area (Å²) in [6, 6.07) is 0.490. The van der Waals surface area contributed by atoms with Gasteiger partial charge in [0.2, 0.25) is 5.96 Å². The number of hydrogen-bond acceptors (Lipinski definition) is 3. The van der Waals surface area contributed by atoms with E-state index in [0.29, 0.717) is 12.1 Å². The van der Waals surface area contributed by atoms with Gasteiger partial charge in [-0.1, -0.05) is 0 Å². The summed E-state index contributed by atoms with van der Waals surface area (Å²) in [6.45, 7) is 4.82. The molecule has 1 aliphatic heterocycles. The number of aliphatic imine (C=N–C) groups is 1. The molecule has 1 saturated carbocycles. The van der Waals surface area contributed by atoms with E-state index < -0.39 is 0 Å². The van der Waals surface area contributed by atoms with Gasteiger partial charge >= 0.3 is 0 Å². The Morgan fingerprint density at radius 1 is 1.50 bits per heavy atom. The van der Waals surface area contributed by atoms with Crippen molar-refractivity contribution in [3.05, 3.63) is 0 Å². The predicted octanol–water partition coefficient (Wildman–Crippen LogP) is 0.469. The van der Waals surface area contributed by atoms with Crippen molar-refractivity contribution in [3.8, 4) is 0 Å². The summed E-state index contributed by atoms with van der Waals surface area (Å²) < 4.78 is 5.64. The van der Waals surface area contributed by atoms with Crippen LogP contribution in [0.4, 0.5) is 0 Å². The largest absolute Gasteiger partial charge is 0.376 e. The van der Waals surface area contributed by atoms with Gasteiger partial charge < -0.3 is 9.64 Å². The van der Waals surface area contributed by atoms with Gasteiger partial charge in [0.25, 0.3) is 0 Å². The molecule has 0 aromatic heterocycles. The number of likely N-dealkylation sites (N-methyl/N-ethyl adjacent to an activating group) is 1. The Labute approximate surface area is 97.0 Å². The molecule has 0 aromatic rings. The normalized spacial score (nSPS) is 25.9. The van der Waals surface area contributed by atoms with Gasteiger partial charge in [0.05, 0.1) is 12.1 Å². The van der Waals surface area contributed by atoms with E-state index >= 15 is 0 Å². The summed E-state index contributed by atoms with van der Waals surface area (Å²) in [4.78, 5) is 6.75. The van der Waals surface area contributed by atoms with E-state index in [1.807, 2.05) is 0 Å². The first kappa shape index (κ1) is 11.7. The quantitative estimate of drug-likeness (QED) is 0.316. The van der Waals surface area contributed by atoms with Crippen molar-refractivity contribution in [2.75, 3.05) is 19.7 Å². The highest BCUT2D eigenvalue weighted by Gasteiger charge is 2.24. The maximum atomic E-state index is 5.64. The van der Waals surface area contributed by atoms with Crippen molar-refractivity contribution < 1.29 is 4.74 Å². The molecule has 5 nitrogen and oxygen atoms in total. The molecule has 1 saturated heterocycles. The zero-order valence-corrected chi connectivity index (χ0v) is 9.98. The van der Waals surface area contributed by atoms with Crippen LogP contribution in [0.2, 0.25) is 0 Å². The van der Waals surface area contributed by atoms with Gasteiger partial charge in [-0.25, -0.2) is 10.8 Å². The summed E-state index contributed by atoms with van der Waals surface area (Å²) in [5.41, 5.74) is 2.72. The molecule has 0 amide bonds. The van der Waals surface area contributed by atoms with E-state index in [1.54, 1.807) is 0 Å². The maximum absolute atomic E-state index is 5.64. The zero-order chi connectivity index (χ0) is 11.4. The highest BCUT2D eigenvalue weighted by molar-refractivity contribution is 5.79. The Balaban J connectivity index is 1.90. The van der Waals surface area contributed by atoms with E-state index in [2.05, 4.69) is 22.2 Å². The van der Waals surface area contributed by atoms with Crippen molar-refractivity contribution in [1.82, 2.24) is 10.3 Å². The topological polar surface area (TPSA) is 62.9 Å². The fraction of sp³-hybridized carbons (Fsp3) is 0.909. The summed E-state index contributed by atoms with van der Waals surface area (Å²) in [5, 5.41) is 0. The van der Waals surface area contributed by atoms with Crippen LogP contribution in [0.15, 0.2) is 4.99 Å². The monoisotopic (exact) mass is 226 g/mol. The van der Waals surface area contributed by atoms with E-state index in [1.165, 1.54) is 19.3 Å². The number of nitrogens with zero attached hydrogens (tertiary/aromatic N) is 2. The lowest BCUT2D eigenvalue weighted by molar-refractivity contribution is 0.0914. The standard InChI is InChI=1S/C11H22N4O/c1-2-15(8-10-4-3-7-16-10)11(14-12)13-9-5-6-9/h9-10H,2-8,12H2,1H3,(H,13,14). The minimum atomic E-state index is 0.345. The Kier molecular flexibility index (Phi) is 4.01. The maximum Gasteiger partial charge on any atom is 0.208 e. The van der Waals surface area contributed by atoms with Crippen LogP contribution in [-0.2, 0) is 4.74 Å². The van der Waals surface area contributed by atoms with Crippen LogP contribution in [0.3, 0.4) is 0 Å². The molecule has 2 fully saturated rings. The smallest absolute Gasteiger partial charge is 0.208 e. The second-order valence-electron chi connectivity index (χ2n) is 4.50. The van der Waals surface area contributed by atoms with Crippen LogP contribution in [0.5, 0.6) is 0 Å². The lowest BCUT2D eigenvalue weighted by Gasteiger charge is -2.26. The fourth-order valence-electron chi connectivity index (χ4n) is 1.99. The summed E-state index contributed by atoms with van der Waals surface area (Å²) in [6.07, 6.45) is 5.06. The molecular formula is C11H22N4O. The number of guanidine groups is 1. The minimum absolute atomic E-state index is 0.345. The number of nitrogens with one attached hydrogen (secondary N) is 1. The van der Waals surface area contributed by atoms with Crippen molar-refractivity contribution in [2.24, 2.45) is 10.8 Å². The van der Waals surface area contributed by atoms with E-state index in [4.69, 9.17) is 10.6 Å². The number of ether oxygens (including phenoxy) is 1. The molecule has 1 unspecified atom stereocenters. The minimum Gasteiger partial charge on any atom is -0.376 e. The Morgan fingerprint density at radius 2 is 2.31 bits per heavy atom. The Morgan fingerprint density at radius 3 is 2.81 bits per heavy atom. The number of hydrazine groups is 1. The summed E-state index contributed by atoms with van der Waals surface area (Å²) in [7, 11) is 0. The van der Waals surface area contributed by atoms with Crippen molar-refractivity contribution in [3.63, 3.8) is 0 Å². The van der Waals surface area contributed by atoms with Gasteiger partial charge in [0.15, 0.2) is 0 Å². The highest BCUT2D eigenvalue weighted by Crippen LogP contribution is 2.23. The number of hydrogen-bond donors (Lipinski definition) is 2. The second kappa shape index (κ2) is 5.50. The first-order valence-corrected chi connectivity index (χ1v) is 6.24. The van der Waals surface area contributed by atoms with Crippen LogP contribution in [0.25, 0.3) is 0 Å². The second-order valence-corrected chi connectivity index (χ2v) is 4.50. The predicted molar refractivity (Wildman–Crippen MR) is 64.0 cm³/mol. The van der Waals surface area contributed by atoms with Gasteiger partial charge in [-0.15, -0.1) is 0 Å². The van der Waals surface area contributed by atoms with Crippen LogP contribution in [0, 0.1) is 0 Å². The molecule has 1 atom stereocenters.